The standard InChI is InChI=1S/C15H14F3N5O/c1-23(2)14-20-7-9(8-21-14)6-19-10-4-3-5-11-12(10)22-13(24-11)15(16,17)18/h3-5,7-8,19H,6H2,1-2H3. The molecule has 1 N–H and O–H groups in total. The molecular weight excluding hydrogens is 323 g/mol. The Morgan fingerprint density at radius 3 is 2.50 bits per heavy atom. The van der Waals surface area contributed by atoms with Crippen LogP contribution in [0.3, 0.4) is 0 Å². The maximum absolute atomic E-state index is 12.7. The molecule has 0 unspecified atom stereocenters. The Bertz CT molecular complexity index is 842. The minimum atomic E-state index is -4.62. The van der Waals surface area contributed by atoms with Crippen molar-refractivity contribution < 1.29 is 17.6 Å². The minimum absolute atomic E-state index is 0.0755. The molecule has 0 saturated heterocycles. The lowest BCUT2D eigenvalue weighted by Gasteiger charge is -2.10. The van der Waals surface area contributed by atoms with E-state index in [1.807, 2.05) is 14.1 Å². The first-order valence-corrected chi connectivity index (χ1v) is 7.03. The molecule has 1 aromatic carbocycles. The van der Waals surface area contributed by atoms with Crippen molar-refractivity contribution in [3.8, 4) is 0 Å². The lowest BCUT2D eigenvalue weighted by Crippen LogP contribution is -2.13. The van der Waals surface area contributed by atoms with Crippen molar-refractivity contribution in [1.29, 1.82) is 0 Å². The molecule has 2 heterocycles. The van der Waals surface area contributed by atoms with Gasteiger partial charge in [0.15, 0.2) is 5.58 Å². The molecule has 126 valence electrons. The van der Waals surface area contributed by atoms with E-state index in [9.17, 15) is 13.2 Å². The highest BCUT2D eigenvalue weighted by Crippen LogP contribution is 2.33. The summed E-state index contributed by atoms with van der Waals surface area (Å²) in [5.41, 5.74) is 1.45. The van der Waals surface area contributed by atoms with Gasteiger partial charge < -0.3 is 14.6 Å². The molecule has 0 fully saturated rings. The van der Waals surface area contributed by atoms with Crippen LogP contribution >= 0.6 is 0 Å². The molecule has 0 radical (unpaired) electrons. The number of nitrogens with zero attached hydrogens (tertiary/aromatic N) is 4. The van der Waals surface area contributed by atoms with E-state index in [0.717, 1.165) is 5.56 Å². The van der Waals surface area contributed by atoms with Gasteiger partial charge in [-0.15, -0.1) is 0 Å². The van der Waals surface area contributed by atoms with Crippen LogP contribution in [0.1, 0.15) is 11.5 Å². The highest BCUT2D eigenvalue weighted by molar-refractivity contribution is 5.86. The van der Waals surface area contributed by atoms with Gasteiger partial charge in [0.2, 0.25) is 5.95 Å². The van der Waals surface area contributed by atoms with Crippen LogP contribution in [0.25, 0.3) is 11.1 Å². The van der Waals surface area contributed by atoms with Crippen LogP contribution in [0.15, 0.2) is 35.0 Å². The molecule has 3 aromatic rings. The Kier molecular flexibility index (Phi) is 4.00. The number of nitrogens with one attached hydrogen (secondary N) is 1. The van der Waals surface area contributed by atoms with Gasteiger partial charge >= 0.3 is 12.1 Å². The monoisotopic (exact) mass is 337 g/mol. The van der Waals surface area contributed by atoms with Crippen molar-refractivity contribution in [3.05, 3.63) is 42.0 Å². The first-order chi connectivity index (χ1) is 11.3. The molecule has 24 heavy (non-hydrogen) atoms. The lowest BCUT2D eigenvalue weighted by atomic mass is 10.2. The Labute approximate surface area is 135 Å². The van der Waals surface area contributed by atoms with Crippen LogP contribution in [0.2, 0.25) is 0 Å². The zero-order chi connectivity index (χ0) is 17.3. The Morgan fingerprint density at radius 1 is 1.17 bits per heavy atom. The van der Waals surface area contributed by atoms with E-state index in [0.29, 0.717) is 18.2 Å². The zero-order valence-corrected chi connectivity index (χ0v) is 12.9. The predicted octanol–water partition coefficient (Wildman–Crippen LogP) is 3.31. The summed E-state index contributed by atoms with van der Waals surface area (Å²) < 4.78 is 42.9. The molecule has 0 aliphatic carbocycles. The lowest BCUT2D eigenvalue weighted by molar-refractivity contribution is -0.156. The summed E-state index contributed by atoms with van der Waals surface area (Å²) in [5.74, 6) is -0.683. The van der Waals surface area contributed by atoms with Crippen LogP contribution in [0.5, 0.6) is 0 Å². The van der Waals surface area contributed by atoms with Crippen LogP contribution < -0.4 is 10.2 Å². The first kappa shape index (κ1) is 16.0. The van der Waals surface area contributed by atoms with Gasteiger partial charge in [0.25, 0.3) is 0 Å². The molecule has 0 aliphatic rings. The maximum atomic E-state index is 12.7. The fourth-order valence-electron chi connectivity index (χ4n) is 2.08. The Hall–Kier alpha value is -2.84. The average Bonchev–Trinajstić information content (AvgIpc) is 2.98. The summed E-state index contributed by atoms with van der Waals surface area (Å²) in [6.07, 6.45) is -1.31. The van der Waals surface area contributed by atoms with Gasteiger partial charge in [0.05, 0.1) is 5.69 Å². The molecular formula is C15H14F3N5O. The van der Waals surface area contributed by atoms with E-state index in [2.05, 4.69) is 20.3 Å². The maximum Gasteiger partial charge on any atom is 0.468 e. The molecule has 0 spiro atoms. The van der Waals surface area contributed by atoms with Crippen molar-refractivity contribution in [3.63, 3.8) is 0 Å². The second-order valence-electron chi connectivity index (χ2n) is 5.31. The number of hydrogen-bond donors (Lipinski definition) is 1. The number of hydrogen-bond acceptors (Lipinski definition) is 6. The van der Waals surface area contributed by atoms with Crippen LogP contribution in [0.4, 0.5) is 24.8 Å². The van der Waals surface area contributed by atoms with E-state index in [4.69, 9.17) is 4.42 Å². The van der Waals surface area contributed by atoms with E-state index in [-0.39, 0.29) is 11.1 Å². The minimum Gasteiger partial charge on any atom is -0.433 e. The number of halogens is 3. The highest BCUT2D eigenvalue weighted by Gasteiger charge is 2.37. The van der Waals surface area contributed by atoms with Crippen LogP contribution in [0, 0.1) is 0 Å². The number of alkyl halides is 3. The van der Waals surface area contributed by atoms with Gasteiger partial charge in [0.1, 0.15) is 5.52 Å². The summed E-state index contributed by atoms with van der Waals surface area (Å²) in [7, 11) is 3.66. The average molecular weight is 337 g/mol. The molecule has 0 bridgehead atoms. The van der Waals surface area contributed by atoms with E-state index in [1.165, 1.54) is 6.07 Å². The van der Waals surface area contributed by atoms with Crippen LogP contribution in [-0.4, -0.2) is 29.0 Å². The van der Waals surface area contributed by atoms with E-state index >= 15 is 0 Å². The molecule has 6 nitrogen and oxygen atoms in total. The Morgan fingerprint density at radius 2 is 1.88 bits per heavy atom. The number of fused-ring (bicyclic) bond motifs is 1. The van der Waals surface area contributed by atoms with Crippen LogP contribution in [-0.2, 0) is 12.7 Å². The van der Waals surface area contributed by atoms with Crippen molar-refractivity contribution in [2.45, 2.75) is 12.7 Å². The Balaban J connectivity index is 1.81. The number of aromatic nitrogens is 3. The van der Waals surface area contributed by atoms with Gasteiger partial charge in [-0.25, -0.2) is 15.0 Å². The number of rotatable bonds is 4. The molecule has 3 rings (SSSR count). The van der Waals surface area contributed by atoms with E-state index < -0.39 is 12.1 Å². The van der Waals surface area contributed by atoms with Gasteiger partial charge in [-0.1, -0.05) is 6.07 Å². The zero-order valence-electron chi connectivity index (χ0n) is 12.9. The van der Waals surface area contributed by atoms with Crippen molar-refractivity contribution >= 4 is 22.7 Å². The molecule has 2 aromatic heterocycles. The molecule has 0 aliphatic heterocycles. The SMILES string of the molecule is CN(C)c1ncc(CNc2cccc3oc(C(F)(F)F)nc23)cn1. The summed E-state index contributed by atoms with van der Waals surface area (Å²) in [5, 5.41) is 3.03. The second-order valence-corrected chi connectivity index (χ2v) is 5.31. The molecule has 0 atom stereocenters. The second kappa shape index (κ2) is 5.99. The summed E-state index contributed by atoms with van der Waals surface area (Å²) in [6.45, 7) is 0.348. The normalized spacial score (nSPS) is 11.7. The van der Waals surface area contributed by atoms with Crippen molar-refractivity contribution in [1.82, 2.24) is 15.0 Å². The number of para-hydroxylation sites is 1. The first-order valence-electron chi connectivity index (χ1n) is 7.03. The summed E-state index contributed by atoms with van der Waals surface area (Å²) in [4.78, 5) is 13.7. The van der Waals surface area contributed by atoms with Gasteiger partial charge in [0, 0.05) is 38.6 Å². The third kappa shape index (κ3) is 3.24. The fraction of sp³-hybridized carbons (Fsp3) is 0.267. The fourth-order valence-corrected chi connectivity index (χ4v) is 2.08. The summed E-state index contributed by atoms with van der Waals surface area (Å²) >= 11 is 0. The van der Waals surface area contributed by atoms with Crippen molar-refractivity contribution in [2.24, 2.45) is 0 Å². The summed E-state index contributed by atoms with van der Waals surface area (Å²) in [6, 6.07) is 4.68. The largest absolute Gasteiger partial charge is 0.468 e. The van der Waals surface area contributed by atoms with Gasteiger partial charge in [-0.3, -0.25) is 0 Å². The molecule has 9 heteroatoms. The predicted molar refractivity (Wildman–Crippen MR) is 82.7 cm³/mol. The number of oxazole rings is 1. The van der Waals surface area contributed by atoms with Gasteiger partial charge in [-0.2, -0.15) is 13.2 Å². The van der Waals surface area contributed by atoms with Crippen molar-refractivity contribution in [2.75, 3.05) is 24.3 Å². The van der Waals surface area contributed by atoms with Gasteiger partial charge in [-0.05, 0) is 12.1 Å². The quantitative estimate of drug-likeness (QED) is 0.788. The third-order valence-electron chi connectivity index (χ3n) is 3.24. The molecule has 0 saturated carbocycles. The topological polar surface area (TPSA) is 67.1 Å². The third-order valence-corrected chi connectivity index (χ3v) is 3.24. The number of anilines is 2. The highest BCUT2D eigenvalue weighted by atomic mass is 19.4. The molecule has 0 amide bonds. The number of benzene rings is 1. The smallest absolute Gasteiger partial charge is 0.433 e. The van der Waals surface area contributed by atoms with E-state index in [1.54, 1.807) is 29.4 Å².